The zero-order valence-electron chi connectivity index (χ0n) is 27.9. The summed E-state index contributed by atoms with van der Waals surface area (Å²) < 4.78 is 17.9. The highest BCUT2D eigenvalue weighted by molar-refractivity contribution is 7.80. The van der Waals surface area contributed by atoms with Crippen molar-refractivity contribution < 1.29 is 38.5 Å². The van der Waals surface area contributed by atoms with Crippen LogP contribution in [0.15, 0.2) is 42.0 Å². The van der Waals surface area contributed by atoms with Crippen molar-refractivity contribution >= 4 is 42.2 Å². The van der Waals surface area contributed by atoms with E-state index in [0.29, 0.717) is 12.1 Å². The molecule has 2 N–H and O–H groups in total. The number of fused-ring (bicyclic) bond motifs is 5. The second-order valence-corrected chi connectivity index (χ2v) is 13.6. The maximum Gasteiger partial charge on any atom is 0.409 e. The smallest absolute Gasteiger partial charge is 0.409 e. The van der Waals surface area contributed by atoms with Crippen molar-refractivity contribution in [1.29, 1.82) is 0 Å². The normalized spacial score (nSPS) is 34.2. The van der Waals surface area contributed by atoms with Crippen LogP contribution in [0.2, 0.25) is 0 Å². The summed E-state index contributed by atoms with van der Waals surface area (Å²) in [4.78, 5) is 54.9. The molecule has 2 saturated heterocycles. The van der Waals surface area contributed by atoms with Crippen LogP contribution in [0.25, 0.3) is 0 Å². The van der Waals surface area contributed by atoms with Gasteiger partial charge in [0.05, 0.1) is 12.5 Å². The lowest BCUT2D eigenvalue weighted by Gasteiger charge is -2.41. The molecule has 1 aromatic rings. The van der Waals surface area contributed by atoms with Crippen LogP contribution < -0.4 is 10.2 Å². The maximum atomic E-state index is 13.9. The Kier molecular flexibility index (Phi) is 10.6. The molecule has 46 heavy (non-hydrogen) atoms. The molecule has 252 valence electrons. The number of rotatable bonds is 4. The summed E-state index contributed by atoms with van der Waals surface area (Å²) >= 11 is 4.28. The lowest BCUT2D eigenvalue weighted by Crippen LogP contribution is -2.60. The van der Waals surface area contributed by atoms with Gasteiger partial charge in [0.1, 0.15) is 29.6 Å². The Balaban J connectivity index is 1.75. The standard InChI is InChI=1S/C34H47N3O8S/c1-19-10-9-11-21(3)34(42)17-27(43-32(41)35-34)22(4)30-33(6,45-30)28(44-31(40)26(18-46)36(7)23(5)38)16-29(39)37(8)25-14-20(2)13-24(12-19)15-25/h9-11,13-15,21-22,26-28,30,42,46H,12,16-18H2,1-8H3,(H,35,41)/b11-9+,19-10+. The molecule has 2 fully saturated rings. The van der Waals surface area contributed by atoms with Gasteiger partial charge in [-0.15, -0.1) is 0 Å². The monoisotopic (exact) mass is 657 g/mol. The predicted molar refractivity (Wildman–Crippen MR) is 176 cm³/mol. The van der Waals surface area contributed by atoms with Gasteiger partial charge >= 0.3 is 12.1 Å². The summed E-state index contributed by atoms with van der Waals surface area (Å²) in [6.45, 7) is 10.7. The minimum Gasteiger partial charge on any atom is -0.457 e. The second-order valence-electron chi connectivity index (χ2n) is 13.2. The van der Waals surface area contributed by atoms with E-state index in [0.717, 1.165) is 16.7 Å². The van der Waals surface area contributed by atoms with E-state index in [1.807, 2.05) is 58.1 Å². The SMILES string of the molecule is CC(=O)N(C)C(CS)C(=O)OC1CC(=O)N(C)c2cc(C)cc(c2)C/C(C)=C/C=C/C(C)C2(O)CC(OC(=O)N2)C(C)C2OC12C. The molecule has 0 saturated carbocycles. The number of hydrogen-bond donors (Lipinski definition) is 3. The lowest BCUT2D eigenvalue weighted by molar-refractivity contribution is -0.161. The Morgan fingerprint density at radius 2 is 1.93 bits per heavy atom. The molecular formula is C34H47N3O8S. The quantitative estimate of drug-likeness (QED) is 0.253. The first-order valence-corrected chi connectivity index (χ1v) is 16.3. The van der Waals surface area contributed by atoms with E-state index < -0.39 is 59.6 Å². The number of hydrogen-bond acceptors (Lipinski definition) is 9. The fourth-order valence-corrected chi connectivity index (χ4v) is 6.71. The summed E-state index contributed by atoms with van der Waals surface area (Å²) in [7, 11) is 3.17. The number of ether oxygens (including phenoxy) is 3. The molecule has 12 heteroatoms. The van der Waals surface area contributed by atoms with Gasteiger partial charge in [-0.1, -0.05) is 43.7 Å². The van der Waals surface area contributed by atoms with Gasteiger partial charge < -0.3 is 29.1 Å². The third-order valence-electron chi connectivity index (χ3n) is 9.61. The first-order valence-electron chi connectivity index (χ1n) is 15.6. The number of carbonyl (C=O) groups is 4. The van der Waals surface area contributed by atoms with E-state index in [1.54, 1.807) is 18.9 Å². The molecule has 3 heterocycles. The van der Waals surface area contributed by atoms with Crippen LogP contribution in [-0.4, -0.2) is 89.4 Å². The van der Waals surface area contributed by atoms with Gasteiger partial charge in [-0.25, -0.2) is 9.59 Å². The number of aryl methyl sites for hydroxylation is 1. The van der Waals surface area contributed by atoms with Crippen LogP contribution in [0.5, 0.6) is 0 Å². The molecule has 0 spiro atoms. The number of anilines is 1. The molecule has 0 radical (unpaired) electrons. The predicted octanol–water partition coefficient (Wildman–Crippen LogP) is 3.71. The number of epoxide rings is 1. The van der Waals surface area contributed by atoms with Gasteiger partial charge in [-0.2, -0.15) is 12.6 Å². The molecule has 8 unspecified atom stereocenters. The van der Waals surface area contributed by atoms with E-state index >= 15 is 0 Å². The van der Waals surface area contributed by atoms with Crippen LogP contribution in [0.3, 0.4) is 0 Å². The van der Waals surface area contributed by atoms with Gasteiger partial charge in [-0.3, -0.25) is 14.9 Å². The van der Waals surface area contributed by atoms with Crippen LogP contribution in [0.4, 0.5) is 10.5 Å². The molecule has 4 rings (SSSR count). The minimum atomic E-state index is -1.58. The number of benzene rings is 1. The number of nitrogens with zero attached hydrogens (tertiary/aromatic N) is 2. The minimum absolute atomic E-state index is 0.0169. The molecule has 0 aliphatic carbocycles. The number of allylic oxidation sites excluding steroid dienone is 3. The van der Waals surface area contributed by atoms with E-state index in [-0.39, 0.29) is 30.4 Å². The molecule has 11 nitrogen and oxygen atoms in total. The largest absolute Gasteiger partial charge is 0.457 e. The molecule has 3 aliphatic rings. The molecule has 8 atom stereocenters. The van der Waals surface area contributed by atoms with E-state index in [1.165, 1.54) is 18.9 Å². The van der Waals surface area contributed by atoms with Crippen molar-refractivity contribution in [1.82, 2.24) is 10.2 Å². The van der Waals surface area contributed by atoms with Crippen LogP contribution >= 0.6 is 12.6 Å². The number of aliphatic hydroxyl groups is 1. The maximum absolute atomic E-state index is 13.9. The Morgan fingerprint density at radius 1 is 1.24 bits per heavy atom. The summed E-state index contributed by atoms with van der Waals surface area (Å²) in [5.74, 6) is -2.21. The summed E-state index contributed by atoms with van der Waals surface area (Å²) in [6, 6.07) is 4.97. The molecule has 3 amide bonds. The van der Waals surface area contributed by atoms with Crippen molar-refractivity contribution in [2.24, 2.45) is 11.8 Å². The van der Waals surface area contributed by atoms with Crippen molar-refractivity contribution in [3.63, 3.8) is 0 Å². The fraction of sp³-hybridized carbons (Fsp3) is 0.588. The van der Waals surface area contributed by atoms with Crippen LogP contribution in [0, 0.1) is 18.8 Å². The number of nitrogens with one attached hydrogen (secondary N) is 1. The highest BCUT2D eigenvalue weighted by Crippen LogP contribution is 2.49. The third kappa shape index (κ3) is 7.61. The zero-order valence-corrected chi connectivity index (χ0v) is 28.8. The van der Waals surface area contributed by atoms with Gasteiger partial charge in [-0.05, 0) is 50.5 Å². The van der Waals surface area contributed by atoms with E-state index in [9.17, 15) is 24.3 Å². The highest BCUT2D eigenvalue weighted by atomic mass is 32.1. The third-order valence-corrected chi connectivity index (χ3v) is 9.95. The average Bonchev–Trinajstić information content (AvgIpc) is 3.67. The fourth-order valence-electron chi connectivity index (χ4n) is 6.32. The number of likely N-dealkylation sites (N-methyl/N-ethyl adjacent to an activating group) is 1. The Morgan fingerprint density at radius 3 is 2.59 bits per heavy atom. The Bertz CT molecular complexity index is 1430. The van der Waals surface area contributed by atoms with Crippen molar-refractivity contribution in [3.05, 3.63) is 53.1 Å². The Labute approximate surface area is 276 Å². The summed E-state index contributed by atoms with van der Waals surface area (Å²) in [5, 5.41) is 14.2. The molecular weight excluding hydrogens is 610 g/mol. The number of amides is 3. The number of carbonyl (C=O) groups excluding carboxylic acids is 4. The number of alkyl carbamates (subject to hydrolysis) is 1. The average molecular weight is 658 g/mol. The molecule has 0 aromatic heterocycles. The van der Waals surface area contributed by atoms with Crippen LogP contribution in [-0.2, 0) is 35.0 Å². The summed E-state index contributed by atoms with van der Waals surface area (Å²) in [6.07, 6.45) is 3.12. The van der Waals surface area contributed by atoms with Crippen molar-refractivity contribution in [3.8, 4) is 0 Å². The molecule has 3 aliphatic heterocycles. The zero-order chi connectivity index (χ0) is 34.1. The van der Waals surface area contributed by atoms with Crippen molar-refractivity contribution in [2.45, 2.75) is 96.5 Å². The van der Waals surface area contributed by atoms with E-state index in [2.05, 4.69) is 24.0 Å². The lowest BCUT2D eigenvalue weighted by atomic mass is 9.82. The van der Waals surface area contributed by atoms with Gasteiger partial charge in [0.15, 0.2) is 0 Å². The van der Waals surface area contributed by atoms with Crippen molar-refractivity contribution in [2.75, 3.05) is 24.7 Å². The second kappa shape index (κ2) is 13.8. The van der Waals surface area contributed by atoms with Crippen LogP contribution in [0.1, 0.15) is 58.6 Å². The first kappa shape index (κ1) is 35.5. The highest BCUT2D eigenvalue weighted by Gasteiger charge is 2.64. The van der Waals surface area contributed by atoms with Gasteiger partial charge in [0.25, 0.3) is 0 Å². The molecule has 4 bridgehead atoms. The van der Waals surface area contributed by atoms with E-state index in [4.69, 9.17) is 14.2 Å². The molecule has 1 aromatic carbocycles. The Hall–Kier alpha value is -3.35. The first-order chi connectivity index (χ1) is 21.5. The van der Waals surface area contributed by atoms with Gasteiger partial charge in [0.2, 0.25) is 11.8 Å². The number of thiol groups is 1. The van der Waals surface area contributed by atoms with Gasteiger partial charge in [0, 0.05) is 50.7 Å². The topological polar surface area (TPSA) is 138 Å². The number of esters is 1. The summed E-state index contributed by atoms with van der Waals surface area (Å²) in [5.41, 5.74) is 1.06.